The normalized spacial score (nSPS) is 22.7. The molecule has 1 aromatic rings. The van der Waals surface area contributed by atoms with Gasteiger partial charge < -0.3 is 4.74 Å². The summed E-state index contributed by atoms with van der Waals surface area (Å²) in [4.78, 5) is 0. The second-order valence-corrected chi connectivity index (χ2v) is 8.08. The summed E-state index contributed by atoms with van der Waals surface area (Å²) in [5, 5.41) is 0. The van der Waals surface area contributed by atoms with Crippen molar-refractivity contribution in [2.75, 3.05) is 6.61 Å². The Balaban J connectivity index is 1.77. The number of hydrogen-bond donors (Lipinski definition) is 0. The van der Waals surface area contributed by atoms with Gasteiger partial charge in [0.1, 0.15) is 0 Å². The van der Waals surface area contributed by atoms with Gasteiger partial charge in [-0.15, -0.1) is 0 Å². The summed E-state index contributed by atoms with van der Waals surface area (Å²) in [5.74, 6) is 1.42. The van der Waals surface area contributed by atoms with Crippen molar-refractivity contribution in [2.24, 2.45) is 17.8 Å². The number of allylic oxidation sites excluding steroid dienone is 4. The molecule has 3 rings (SSSR count). The molecule has 1 nitrogen and oxygen atoms in total. The van der Waals surface area contributed by atoms with E-state index < -0.39 is 11.6 Å². The Kier molecular flexibility index (Phi) is 6.16. The first kappa shape index (κ1) is 19.1. The predicted octanol–water partition coefficient (Wildman–Crippen LogP) is 6.76. The van der Waals surface area contributed by atoms with Gasteiger partial charge in [-0.1, -0.05) is 39.3 Å². The van der Waals surface area contributed by atoms with Gasteiger partial charge in [-0.2, -0.15) is 0 Å². The molecule has 1 fully saturated rings. The molecule has 0 radical (unpaired) electrons. The summed E-state index contributed by atoms with van der Waals surface area (Å²) < 4.78 is 32.7. The average Bonchev–Trinajstić information content (AvgIpc) is 3.10. The van der Waals surface area contributed by atoms with Crippen LogP contribution in [0.15, 0.2) is 41.7 Å². The molecule has 0 amide bonds. The second-order valence-electron chi connectivity index (χ2n) is 8.08. The van der Waals surface area contributed by atoms with Crippen LogP contribution in [0.2, 0.25) is 0 Å². The Morgan fingerprint density at radius 2 is 1.96 bits per heavy atom. The first-order valence-electron chi connectivity index (χ1n) is 9.97. The van der Waals surface area contributed by atoms with Crippen LogP contribution in [0, 0.1) is 29.4 Å². The molecule has 4 unspecified atom stereocenters. The van der Waals surface area contributed by atoms with E-state index in [1.807, 2.05) is 0 Å². The third kappa shape index (κ3) is 4.36. The number of hydrogen-bond acceptors (Lipinski definition) is 1. The van der Waals surface area contributed by atoms with Crippen LogP contribution >= 0.6 is 0 Å². The Bertz CT molecular complexity index is 691. The summed E-state index contributed by atoms with van der Waals surface area (Å²) in [6.07, 6.45) is 10.0. The highest BCUT2D eigenvalue weighted by atomic mass is 19.2. The molecule has 1 saturated heterocycles. The zero-order chi connectivity index (χ0) is 18.7. The Morgan fingerprint density at radius 3 is 2.69 bits per heavy atom. The average molecular weight is 360 g/mol. The summed E-state index contributed by atoms with van der Waals surface area (Å²) in [5.41, 5.74) is 2.24. The van der Waals surface area contributed by atoms with Crippen LogP contribution in [0.5, 0.6) is 0 Å². The van der Waals surface area contributed by atoms with Crippen LogP contribution in [0.4, 0.5) is 8.78 Å². The summed E-state index contributed by atoms with van der Waals surface area (Å²) in [6, 6.07) is 4.31. The SMILES string of the molecule is CCC(C)CC(CC(C)c1ccc(F)c(F)c1)C1=CCC2CCOC2=C1. The van der Waals surface area contributed by atoms with Gasteiger partial charge in [0.05, 0.1) is 12.4 Å². The zero-order valence-electron chi connectivity index (χ0n) is 16.1. The molecule has 3 heteroatoms. The van der Waals surface area contributed by atoms with Crippen LogP contribution in [0.25, 0.3) is 0 Å². The van der Waals surface area contributed by atoms with Gasteiger partial charge in [-0.3, -0.25) is 0 Å². The van der Waals surface area contributed by atoms with E-state index in [-0.39, 0.29) is 5.92 Å². The summed E-state index contributed by atoms with van der Waals surface area (Å²) >= 11 is 0. The van der Waals surface area contributed by atoms with Gasteiger partial charge >= 0.3 is 0 Å². The molecule has 1 aliphatic heterocycles. The lowest BCUT2D eigenvalue weighted by atomic mass is 9.78. The van der Waals surface area contributed by atoms with Crippen LogP contribution in [0.3, 0.4) is 0 Å². The molecule has 0 saturated carbocycles. The standard InChI is InChI=1S/C23H30F2O/c1-4-15(2)11-20(19-6-5-17-9-10-26-23(17)14-19)12-16(3)18-7-8-21(24)22(25)13-18/h6-8,13-17,20H,4-5,9-12H2,1-3H3. The molecule has 4 atom stereocenters. The highest BCUT2D eigenvalue weighted by molar-refractivity contribution is 5.31. The van der Waals surface area contributed by atoms with Crippen molar-refractivity contribution in [1.29, 1.82) is 0 Å². The maximum absolute atomic E-state index is 13.6. The predicted molar refractivity (Wildman–Crippen MR) is 102 cm³/mol. The van der Waals surface area contributed by atoms with E-state index in [0.717, 1.165) is 50.0 Å². The molecule has 1 aromatic carbocycles. The van der Waals surface area contributed by atoms with Crippen molar-refractivity contribution >= 4 is 0 Å². The maximum Gasteiger partial charge on any atom is 0.159 e. The minimum absolute atomic E-state index is 0.181. The van der Waals surface area contributed by atoms with E-state index >= 15 is 0 Å². The number of ether oxygens (including phenoxy) is 1. The minimum Gasteiger partial charge on any atom is -0.498 e. The van der Waals surface area contributed by atoms with Crippen LogP contribution < -0.4 is 0 Å². The number of rotatable bonds is 7. The third-order valence-corrected chi connectivity index (χ3v) is 6.09. The third-order valence-electron chi connectivity index (χ3n) is 6.09. The smallest absolute Gasteiger partial charge is 0.159 e. The Labute approximate surface area is 156 Å². The lowest BCUT2D eigenvalue weighted by Gasteiger charge is -2.28. The molecular formula is C23H30F2O. The molecule has 0 spiro atoms. The van der Waals surface area contributed by atoms with E-state index in [1.54, 1.807) is 6.07 Å². The van der Waals surface area contributed by atoms with Gasteiger partial charge in [0.25, 0.3) is 0 Å². The molecule has 0 N–H and O–H groups in total. The van der Waals surface area contributed by atoms with E-state index in [0.29, 0.717) is 17.8 Å². The van der Waals surface area contributed by atoms with Crippen molar-refractivity contribution in [3.05, 3.63) is 58.9 Å². The van der Waals surface area contributed by atoms with Gasteiger partial charge in [-0.05, 0) is 72.8 Å². The molecule has 26 heavy (non-hydrogen) atoms. The van der Waals surface area contributed by atoms with Crippen molar-refractivity contribution in [3.63, 3.8) is 0 Å². The van der Waals surface area contributed by atoms with E-state index in [9.17, 15) is 8.78 Å². The molecule has 1 heterocycles. The zero-order valence-corrected chi connectivity index (χ0v) is 16.1. The second kappa shape index (κ2) is 8.37. The van der Waals surface area contributed by atoms with Crippen molar-refractivity contribution < 1.29 is 13.5 Å². The highest BCUT2D eigenvalue weighted by Crippen LogP contribution is 2.39. The topological polar surface area (TPSA) is 9.23 Å². The lowest BCUT2D eigenvalue weighted by Crippen LogP contribution is -2.15. The fraction of sp³-hybridized carbons (Fsp3) is 0.565. The fourth-order valence-electron chi connectivity index (χ4n) is 4.16. The quantitative estimate of drug-likeness (QED) is 0.522. The molecule has 0 bridgehead atoms. The van der Waals surface area contributed by atoms with Crippen LogP contribution in [-0.2, 0) is 4.74 Å². The lowest BCUT2D eigenvalue weighted by molar-refractivity contribution is 0.256. The number of halogens is 2. The fourth-order valence-corrected chi connectivity index (χ4v) is 4.16. The van der Waals surface area contributed by atoms with Gasteiger partial charge in [0.2, 0.25) is 0 Å². The van der Waals surface area contributed by atoms with Crippen molar-refractivity contribution in [3.8, 4) is 0 Å². The van der Waals surface area contributed by atoms with Crippen LogP contribution in [0.1, 0.15) is 64.4 Å². The largest absolute Gasteiger partial charge is 0.498 e. The Morgan fingerprint density at radius 1 is 1.15 bits per heavy atom. The van der Waals surface area contributed by atoms with Gasteiger partial charge in [0, 0.05) is 5.92 Å². The van der Waals surface area contributed by atoms with E-state index in [4.69, 9.17) is 4.74 Å². The monoisotopic (exact) mass is 360 g/mol. The summed E-state index contributed by atoms with van der Waals surface area (Å²) in [6.45, 7) is 7.46. The van der Waals surface area contributed by atoms with E-state index in [1.165, 1.54) is 17.7 Å². The van der Waals surface area contributed by atoms with Crippen molar-refractivity contribution in [2.45, 2.75) is 58.8 Å². The molecule has 142 valence electrons. The molecule has 1 aliphatic carbocycles. The molecular weight excluding hydrogens is 330 g/mol. The van der Waals surface area contributed by atoms with E-state index in [2.05, 4.69) is 32.9 Å². The minimum atomic E-state index is -0.777. The summed E-state index contributed by atoms with van der Waals surface area (Å²) in [7, 11) is 0. The number of benzene rings is 1. The Hall–Kier alpha value is -1.64. The maximum atomic E-state index is 13.6. The molecule has 0 aromatic heterocycles. The van der Waals surface area contributed by atoms with Crippen molar-refractivity contribution in [1.82, 2.24) is 0 Å². The first-order chi connectivity index (χ1) is 12.5. The van der Waals surface area contributed by atoms with Gasteiger partial charge in [-0.25, -0.2) is 8.78 Å². The van der Waals surface area contributed by atoms with Crippen LogP contribution in [-0.4, -0.2) is 6.61 Å². The first-order valence-corrected chi connectivity index (χ1v) is 9.97. The van der Waals surface area contributed by atoms with Gasteiger partial charge in [0.15, 0.2) is 11.6 Å². The highest BCUT2D eigenvalue weighted by Gasteiger charge is 2.28. The number of fused-ring (bicyclic) bond motifs is 1. The molecule has 2 aliphatic rings.